The number of rotatable bonds is 4. The van der Waals surface area contributed by atoms with Crippen LogP contribution >= 0.6 is 0 Å². The van der Waals surface area contributed by atoms with Gasteiger partial charge in [0.25, 0.3) is 0 Å². The third-order valence-electron chi connectivity index (χ3n) is 1.35. The van der Waals surface area contributed by atoms with E-state index in [1.807, 2.05) is 0 Å². The predicted molar refractivity (Wildman–Crippen MR) is 37.8 cm³/mol. The number of hydrogen-bond acceptors (Lipinski definition) is 4. The van der Waals surface area contributed by atoms with Gasteiger partial charge in [-0.15, -0.1) is 0 Å². The van der Waals surface area contributed by atoms with E-state index in [1.165, 1.54) is 6.92 Å². The first-order valence-electron chi connectivity index (χ1n) is 3.21. The maximum atomic E-state index is 10.5. The van der Waals surface area contributed by atoms with Gasteiger partial charge in [-0.3, -0.25) is 4.79 Å². The standard InChI is InChI=1S/C6H13NO4/c1-5(11)7-6(2-8,3-9)4-10/h8-10H,2-4H2,1H3,(H,7,11). The van der Waals surface area contributed by atoms with Gasteiger partial charge in [0.15, 0.2) is 0 Å². The molecule has 0 saturated carbocycles. The summed E-state index contributed by atoms with van der Waals surface area (Å²) in [6, 6.07) is 0. The van der Waals surface area contributed by atoms with E-state index in [9.17, 15) is 4.79 Å². The molecule has 0 rings (SSSR count). The molecule has 0 aliphatic carbocycles. The summed E-state index contributed by atoms with van der Waals surface area (Å²) >= 11 is 0. The summed E-state index contributed by atoms with van der Waals surface area (Å²) in [4.78, 5) is 10.5. The fourth-order valence-corrected chi connectivity index (χ4v) is 0.642. The minimum atomic E-state index is -1.29. The van der Waals surface area contributed by atoms with Crippen molar-refractivity contribution >= 4 is 5.91 Å². The molecule has 0 aromatic rings. The molecule has 66 valence electrons. The first kappa shape index (κ1) is 10.3. The zero-order chi connectivity index (χ0) is 8.91. The summed E-state index contributed by atoms with van der Waals surface area (Å²) in [6.45, 7) is -0.214. The molecular formula is C6H13NO4. The van der Waals surface area contributed by atoms with Gasteiger partial charge in [0.2, 0.25) is 5.91 Å². The fraction of sp³-hybridized carbons (Fsp3) is 0.833. The van der Waals surface area contributed by atoms with Gasteiger partial charge in [-0.2, -0.15) is 0 Å². The van der Waals surface area contributed by atoms with E-state index in [1.54, 1.807) is 0 Å². The summed E-state index contributed by atoms with van der Waals surface area (Å²) in [7, 11) is 0. The van der Waals surface area contributed by atoms with E-state index < -0.39 is 31.3 Å². The van der Waals surface area contributed by atoms with Crippen LogP contribution in [0.25, 0.3) is 0 Å². The minimum Gasteiger partial charge on any atom is -0.394 e. The van der Waals surface area contributed by atoms with Crippen LogP contribution in [-0.2, 0) is 4.79 Å². The maximum absolute atomic E-state index is 10.5. The number of aliphatic hydroxyl groups excluding tert-OH is 3. The van der Waals surface area contributed by atoms with Crippen molar-refractivity contribution in [1.82, 2.24) is 5.32 Å². The van der Waals surface area contributed by atoms with E-state index in [0.717, 1.165) is 0 Å². The molecule has 0 atom stereocenters. The number of carbonyl (C=O) groups excluding carboxylic acids is 1. The Morgan fingerprint density at radius 1 is 1.27 bits per heavy atom. The minimum absolute atomic E-state index is 0.401. The Balaban J connectivity index is 4.16. The molecule has 11 heavy (non-hydrogen) atoms. The van der Waals surface area contributed by atoms with Crippen molar-refractivity contribution in [3.63, 3.8) is 0 Å². The van der Waals surface area contributed by atoms with Crippen molar-refractivity contribution in [3.05, 3.63) is 0 Å². The normalized spacial score (nSPS) is 11.3. The highest BCUT2D eigenvalue weighted by Crippen LogP contribution is 2.00. The maximum Gasteiger partial charge on any atom is 0.217 e. The van der Waals surface area contributed by atoms with Crippen molar-refractivity contribution in [2.24, 2.45) is 0 Å². The van der Waals surface area contributed by atoms with Crippen molar-refractivity contribution in [2.45, 2.75) is 12.5 Å². The van der Waals surface area contributed by atoms with Crippen LogP contribution in [0, 0.1) is 0 Å². The van der Waals surface area contributed by atoms with Crippen LogP contribution in [0.15, 0.2) is 0 Å². The van der Waals surface area contributed by atoms with Crippen LogP contribution in [0.1, 0.15) is 6.92 Å². The van der Waals surface area contributed by atoms with Crippen LogP contribution < -0.4 is 5.32 Å². The van der Waals surface area contributed by atoms with Crippen molar-refractivity contribution < 1.29 is 20.1 Å². The summed E-state index contributed by atoms with van der Waals surface area (Å²) in [5, 5.41) is 28.3. The predicted octanol–water partition coefficient (Wildman–Crippen LogP) is -2.16. The zero-order valence-corrected chi connectivity index (χ0v) is 6.37. The highest BCUT2D eigenvalue weighted by atomic mass is 16.3. The Kier molecular flexibility index (Phi) is 4.02. The third-order valence-corrected chi connectivity index (χ3v) is 1.35. The Morgan fingerprint density at radius 3 is 1.73 bits per heavy atom. The van der Waals surface area contributed by atoms with Crippen molar-refractivity contribution in [3.8, 4) is 0 Å². The lowest BCUT2D eigenvalue weighted by atomic mass is 10.0. The molecule has 0 aliphatic rings. The van der Waals surface area contributed by atoms with Crippen LogP contribution in [-0.4, -0.2) is 46.6 Å². The van der Waals surface area contributed by atoms with Gasteiger partial charge in [-0.25, -0.2) is 0 Å². The smallest absolute Gasteiger partial charge is 0.217 e. The van der Waals surface area contributed by atoms with Gasteiger partial charge in [-0.1, -0.05) is 0 Å². The lowest BCUT2D eigenvalue weighted by molar-refractivity contribution is -0.123. The Labute approximate surface area is 64.7 Å². The Bertz CT molecular complexity index is 124. The van der Waals surface area contributed by atoms with Gasteiger partial charge in [0.1, 0.15) is 5.54 Å². The molecule has 5 nitrogen and oxygen atoms in total. The van der Waals surface area contributed by atoms with Crippen LogP contribution in [0.4, 0.5) is 0 Å². The molecule has 0 unspecified atom stereocenters. The molecule has 0 heterocycles. The molecule has 5 heteroatoms. The third kappa shape index (κ3) is 2.83. The number of aliphatic hydroxyl groups is 3. The van der Waals surface area contributed by atoms with E-state index in [0.29, 0.717) is 0 Å². The highest BCUT2D eigenvalue weighted by Gasteiger charge is 2.28. The van der Waals surface area contributed by atoms with Gasteiger partial charge in [0, 0.05) is 6.92 Å². The monoisotopic (exact) mass is 163 g/mol. The van der Waals surface area contributed by atoms with Crippen molar-refractivity contribution in [1.29, 1.82) is 0 Å². The second-order valence-electron chi connectivity index (χ2n) is 2.44. The summed E-state index contributed by atoms with van der Waals surface area (Å²) in [6.07, 6.45) is 0. The quantitative estimate of drug-likeness (QED) is 0.380. The molecule has 0 fully saturated rings. The van der Waals surface area contributed by atoms with E-state index in [4.69, 9.17) is 15.3 Å². The van der Waals surface area contributed by atoms with E-state index in [2.05, 4.69) is 5.32 Å². The number of nitrogens with one attached hydrogen (secondary N) is 1. The topological polar surface area (TPSA) is 89.8 Å². The molecule has 4 N–H and O–H groups in total. The second kappa shape index (κ2) is 4.27. The van der Waals surface area contributed by atoms with Gasteiger partial charge in [0.05, 0.1) is 19.8 Å². The Hall–Kier alpha value is -0.650. The van der Waals surface area contributed by atoms with Crippen LogP contribution in [0.3, 0.4) is 0 Å². The first-order valence-corrected chi connectivity index (χ1v) is 3.21. The molecule has 1 amide bonds. The summed E-state index contributed by atoms with van der Waals surface area (Å²) in [5.74, 6) is -0.401. The average molecular weight is 163 g/mol. The lowest BCUT2D eigenvalue weighted by Crippen LogP contribution is -2.56. The number of hydrogen-bond donors (Lipinski definition) is 4. The van der Waals surface area contributed by atoms with Gasteiger partial charge >= 0.3 is 0 Å². The molecule has 0 radical (unpaired) electrons. The lowest BCUT2D eigenvalue weighted by Gasteiger charge is -2.27. The van der Waals surface area contributed by atoms with E-state index >= 15 is 0 Å². The van der Waals surface area contributed by atoms with Crippen molar-refractivity contribution in [2.75, 3.05) is 19.8 Å². The first-order chi connectivity index (χ1) is 5.10. The molecule has 0 saturated heterocycles. The highest BCUT2D eigenvalue weighted by molar-refractivity contribution is 5.73. The van der Waals surface area contributed by atoms with Crippen LogP contribution in [0.2, 0.25) is 0 Å². The molecule has 0 bridgehead atoms. The summed E-state index contributed by atoms with van der Waals surface area (Å²) in [5.41, 5.74) is -1.29. The number of carbonyl (C=O) groups is 1. The average Bonchev–Trinajstić information content (AvgIpc) is 2.00. The molecule has 0 aliphatic heterocycles. The summed E-state index contributed by atoms with van der Waals surface area (Å²) < 4.78 is 0. The van der Waals surface area contributed by atoms with Gasteiger partial charge in [-0.05, 0) is 0 Å². The van der Waals surface area contributed by atoms with Crippen LogP contribution in [0.5, 0.6) is 0 Å². The Morgan fingerprint density at radius 2 is 1.64 bits per heavy atom. The SMILES string of the molecule is CC(=O)NC(CO)(CO)CO. The molecule has 0 aromatic heterocycles. The zero-order valence-electron chi connectivity index (χ0n) is 6.37. The fourth-order valence-electron chi connectivity index (χ4n) is 0.642. The largest absolute Gasteiger partial charge is 0.394 e. The van der Waals surface area contributed by atoms with Gasteiger partial charge < -0.3 is 20.6 Å². The van der Waals surface area contributed by atoms with E-state index in [-0.39, 0.29) is 0 Å². The molecule has 0 spiro atoms. The molecular weight excluding hydrogens is 150 g/mol. The number of amides is 1. The second-order valence-corrected chi connectivity index (χ2v) is 2.44. The molecule has 0 aromatic carbocycles.